The SMILES string of the molecule is CC(=O)Oc1ccc(OC(C)=O)c(-c2cc(OC(C)=O)c(-c3cc(OC(C)=O)ccc3OC(C)=O)cc2OC(C)=O)c1. The first-order chi connectivity index (χ1) is 19.7. The highest BCUT2D eigenvalue weighted by Gasteiger charge is 2.24. The lowest BCUT2D eigenvalue weighted by atomic mass is 9.96. The highest BCUT2D eigenvalue weighted by Crippen LogP contribution is 2.47. The molecule has 0 bridgehead atoms. The summed E-state index contributed by atoms with van der Waals surface area (Å²) < 4.78 is 32.0. The summed E-state index contributed by atoms with van der Waals surface area (Å²) in [5.41, 5.74) is 0.462. The monoisotopic (exact) mass is 578 g/mol. The molecule has 0 saturated heterocycles. The Morgan fingerprint density at radius 3 is 0.905 bits per heavy atom. The maximum atomic E-state index is 12.2. The summed E-state index contributed by atoms with van der Waals surface area (Å²) in [5, 5.41) is 0. The third-order valence-corrected chi connectivity index (χ3v) is 5.10. The minimum absolute atomic E-state index is 0.00536. The van der Waals surface area contributed by atoms with E-state index in [2.05, 4.69) is 0 Å². The van der Waals surface area contributed by atoms with Gasteiger partial charge in [0.2, 0.25) is 0 Å². The van der Waals surface area contributed by atoms with Crippen molar-refractivity contribution < 1.29 is 57.2 Å². The summed E-state index contributed by atoms with van der Waals surface area (Å²) >= 11 is 0. The molecule has 0 amide bonds. The fraction of sp³-hybridized carbons (Fsp3) is 0.200. The van der Waals surface area contributed by atoms with Crippen molar-refractivity contribution in [2.75, 3.05) is 0 Å². The van der Waals surface area contributed by atoms with Crippen LogP contribution in [0.5, 0.6) is 34.5 Å². The molecule has 0 aromatic heterocycles. The Hall–Kier alpha value is -5.52. The van der Waals surface area contributed by atoms with E-state index in [0.717, 1.165) is 13.8 Å². The van der Waals surface area contributed by atoms with Crippen LogP contribution in [-0.2, 0) is 28.8 Å². The van der Waals surface area contributed by atoms with Crippen molar-refractivity contribution in [3.63, 3.8) is 0 Å². The van der Waals surface area contributed by atoms with Crippen molar-refractivity contribution in [3.05, 3.63) is 48.5 Å². The normalized spacial score (nSPS) is 10.2. The predicted octanol–water partition coefficient (Wildman–Crippen LogP) is 4.57. The maximum Gasteiger partial charge on any atom is 0.308 e. The van der Waals surface area contributed by atoms with Crippen LogP contribution in [0.2, 0.25) is 0 Å². The molecule has 12 heteroatoms. The summed E-state index contributed by atoms with van der Waals surface area (Å²) in [6.07, 6.45) is 0. The molecule has 42 heavy (non-hydrogen) atoms. The third-order valence-electron chi connectivity index (χ3n) is 5.10. The van der Waals surface area contributed by atoms with Gasteiger partial charge in [-0.05, 0) is 48.5 Å². The van der Waals surface area contributed by atoms with Gasteiger partial charge in [0, 0.05) is 63.8 Å². The average Bonchev–Trinajstić information content (AvgIpc) is 2.85. The number of hydrogen-bond acceptors (Lipinski definition) is 12. The Morgan fingerprint density at radius 2 is 0.619 bits per heavy atom. The second-order valence-corrected chi connectivity index (χ2v) is 8.72. The lowest BCUT2D eigenvalue weighted by molar-refractivity contribution is -0.133. The number of esters is 6. The van der Waals surface area contributed by atoms with Crippen LogP contribution in [0.4, 0.5) is 0 Å². The fourth-order valence-corrected chi connectivity index (χ4v) is 3.85. The Bertz CT molecular complexity index is 1480. The van der Waals surface area contributed by atoms with E-state index in [1.807, 2.05) is 0 Å². The first-order valence-corrected chi connectivity index (χ1v) is 12.3. The summed E-state index contributed by atoms with van der Waals surface area (Å²) in [6, 6.07) is 10.9. The van der Waals surface area contributed by atoms with Gasteiger partial charge in [-0.2, -0.15) is 0 Å². The smallest absolute Gasteiger partial charge is 0.308 e. The van der Waals surface area contributed by atoms with E-state index < -0.39 is 35.8 Å². The zero-order chi connectivity index (χ0) is 31.1. The van der Waals surface area contributed by atoms with Gasteiger partial charge in [-0.1, -0.05) is 0 Å². The van der Waals surface area contributed by atoms with Crippen LogP contribution in [0.25, 0.3) is 22.3 Å². The van der Waals surface area contributed by atoms with Crippen molar-refractivity contribution in [1.29, 1.82) is 0 Å². The largest absolute Gasteiger partial charge is 0.427 e. The van der Waals surface area contributed by atoms with Crippen LogP contribution in [0.15, 0.2) is 48.5 Å². The Labute approximate surface area is 240 Å². The van der Waals surface area contributed by atoms with Gasteiger partial charge in [0.25, 0.3) is 0 Å². The Balaban J connectivity index is 2.43. The summed E-state index contributed by atoms with van der Waals surface area (Å²) in [7, 11) is 0. The van der Waals surface area contributed by atoms with Crippen LogP contribution in [-0.4, -0.2) is 35.8 Å². The summed E-state index contributed by atoms with van der Waals surface area (Å²) in [5.74, 6) is -4.10. The van der Waals surface area contributed by atoms with Crippen LogP contribution in [0, 0.1) is 0 Å². The molecule has 12 nitrogen and oxygen atoms in total. The van der Waals surface area contributed by atoms with E-state index in [1.54, 1.807) is 0 Å². The summed E-state index contributed by atoms with van der Waals surface area (Å²) in [4.78, 5) is 71.3. The van der Waals surface area contributed by atoms with E-state index in [0.29, 0.717) is 0 Å². The first-order valence-electron chi connectivity index (χ1n) is 12.3. The van der Waals surface area contributed by atoms with Crippen molar-refractivity contribution in [3.8, 4) is 56.8 Å². The minimum atomic E-state index is -0.735. The van der Waals surface area contributed by atoms with Gasteiger partial charge in [0.15, 0.2) is 0 Å². The van der Waals surface area contributed by atoms with Gasteiger partial charge in [-0.15, -0.1) is 0 Å². The molecule has 0 radical (unpaired) electrons. The number of carbonyl (C=O) groups excluding carboxylic acids is 6. The maximum absolute atomic E-state index is 12.2. The number of carbonyl (C=O) groups is 6. The third kappa shape index (κ3) is 8.24. The Kier molecular flexibility index (Phi) is 9.76. The van der Waals surface area contributed by atoms with Gasteiger partial charge in [0.1, 0.15) is 34.5 Å². The van der Waals surface area contributed by atoms with E-state index in [4.69, 9.17) is 28.4 Å². The molecule has 3 aromatic carbocycles. The molecule has 0 atom stereocenters. The lowest BCUT2D eigenvalue weighted by Gasteiger charge is -2.19. The van der Waals surface area contributed by atoms with Crippen LogP contribution in [0.1, 0.15) is 41.5 Å². The zero-order valence-corrected chi connectivity index (χ0v) is 23.5. The molecule has 0 unspecified atom stereocenters. The predicted molar refractivity (Wildman–Crippen MR) is 145 cm³/mol. The number of hydrogen-bond donors (Lipinski definition) is 0. The van der Waals surface area contributed by atoms with Gasteiger partial charge >= 0.3 is 35.8 Å². The second kappa shape index (κ2) is 13.2. The molecular formula is C30H26O12. The van der Waals surface area contributed by atoms with Crippen molar-refractivity contribution >= 4 is 35.8 Å². The van der Waals surface area contributed by atoms with E-state index >= 15 is 0 Å². The molecule has 0 spiro atoms. The molecular weight excluding hydrogens is 552 g/mol. The molecule has 218 valence electrons. The molecule has 0 fully saturated rings. The zero-order valence-electron chi connectivity index (χ0n) is 23.5. The van der Waals surface area contributed by atoms with E-state index in [9.17, 15) is 28.8 Å². The minimum Gasteiger partial charge on any atom is -0.427 e. The van der Waals surface area contributed by atoms with E-state index in [-0.39, 0.29) is 56.8 Å². The fourth-order valence-electron chi connectivity index (χ4n) is 3.85. The van der Waals surface area contributed by atoms with Crippen LogP contribution in [0.3, 0.4) is 0 Å². The molecule has 3 aromatic rings. The molecule has 0 heterocycles. The molecule has 0 aliphatic heterocycles. The number of ether oxygens (including phenoxy) is 6. The highest BCUT2D eigenvalue weighted by molar-refractivity contribution is 5.91. The van der Waals surface area contributed by atoms with Crippen LogP contribution >= 0.6 is 0 Å². The number of benzene rings is 3. The molecule has 0 aliphatic rings. The van der Waals surface area contributed by atoms with Crippen LogP contribution < -0.4 is 28.4 Å². The van der Waals surface area contributed by atoms with Crippen molar-refractivity contribution in [2.45, 2.75) is 41.5 Å². The second-order valence-electron chi connectivity index (χ2n) is 8.72. The molecule has 3 rings (SSSR count). The molecule has 0 aliphatic carbocycles. The summed E-state index contributed by atoms with van der Waals surface area (Å²) in [6.45, 7) is 7.05. The van der Waals surface area contributed by atoms with Gasteiger partial charge in [-0.3, -0.25) is 28.8 Å². The van der Waals surface area contributed by atoms with Crippen molar-refractivity contribution in [2.24, 2.45) is 0 Å². The molecule has 0 N–H and O–H groups in total. The highest BCUT2D eigenvalue weighted by atomic mass is 16.6. The van der Waals surface area contributed by atoms with Gasteiger partial charge in [0.05, 0.1) is 0 Å². The van der Waals surface area contributed by atoms with E-state index in [1.165, 1.54) is 76.2 Å². The molecule has 0 saturated carbocycles. The average molecular weight is 579 g/mol. The van der Waals surface area contributed by atoms with Gasteiger partial charge < -0.3 is 28.4 Å². The quantitative estimate of drug-likeness (QED) is 0.271. The Morgan fingerprint density at radius 1 is 0.357 bits per heavy atom. The van der Waals surface area contributed by atoms with Crippen molar-refractivity contribution in [1.82, 2.24) is 0 Å². The lowest BCUT2D eigenvalue weighted by Crippen LogP contribution is -2.09. The first kappa shape index (κ1) is 31.0. The topological polar surface area (TPSA) is 158 Å². The number of rotatable bonds is 8. The van der Waals surface area contributed by atoms with Gasteiger partial charge in [-0.25, -0.2) is 0 Å². The standard InChI is InChI=1S/C30H26O12/c1-15(31)37-21-7-9-27(39-17(3)33)23(11-21)25-13-30(42-20(6)36)26(14-29(25)41-19(5)35)24-12-22(38-16(2)32)8-10-28(24)40-18(4)34/h7-14H,1-6H3.